The number of sulfonamides is 1. The van der Waals surface area contributed by atoms with Crippen molar-refractivity contribution < 1.29 is 13.5 Å². The highest BCUT2D eigenvalue weighted by molar-refractivity contribution is 7.93. The van der Waals surface area contributed by atoms with Crippen molar-refractivity contribution in [3.05, 3.63) is 58.1 Å². The molecule has 1 N–H and O–H groups in total. The van der Waals surface area contributed by atoms with E-state index in [1.54, 1.807) is 18.2 Å². The lowest BCUT2D eigenvalue weighted by Crippen LogP contribution is -2.29. The first kappa shape index (κ1) is 13.1. The molecule has 0 aliphatic carbocycles. The van der Waals surface area contributed by atoms with E-state index in [0.29, 0.717) is 34.8 Å². The number of halogens is 1. The Labute approximate surface area is 127 Å². The van der Waals surface area contributed by atoms with Crippen LogP contribution in [-0.4, -0.2) is 20.1 Å². The maximum Gasteiger partial charge on any atom is 0.264 e. The second-order valence-electron chi connectivity index (χ2n) is 5.27. The van der Waals surface area contributed by atoms with Crippen molar-refractivity contribution >= 4 is 27.3 Å². The summed E-state index contributed by atoms with van der Waals surface area (Å²) in [4.78, 5) is 0.0894. The molecule has 2 heterocycles. The summed E-state index contributed by atoms with van der Waals surface area (Å²) in [5.41, 5.74) is 2.59. The molecule has 0 amide bonds. The highest BCUT2D eigenvalue weighted by Gasteiger charge is 2.39. The van der Waals surface area contributed by atoms with Gasteiger partial charge in [-0.1, -0.05) is 35.9 Å². The normalized spacial score (nSPS) is 21.6. The third-order valence-corrected chi connectivity index (χ3v) is 6.21. The number of aliphatic hydroxyl groups is 1. The molecule has 2 aromatic rings. The van der Waals surface area contributed by atoms with Crippen LogP contribution in [0.25, 0.3) is 0 Å². The summed E-state index contributed by atoms with van der Waals surface area (Å²) in [6.45, 7) is 0.396. The van der Waals surface area contributed by atoms with Gasteiger partial charge >= 0.3 is 0 Å². The summed E-state index contributed by atoms with van der Waals surface area (Å²) in [7, 11) is -3.70. The van der Waals surface area contributed by atoms with Crippen LogP contribution in [0.4, 0.5) is 5.69 Å². The fraction of sp³-hybridized carbons (Fsp3) is 0.200. The van der Waals surface area contributed by atoms with Gasteiger partial charge in [-0.05, 0) is 24.1 Å². The quantitative estimate of drug-likeness (QED) is 0.811. The molecule has 21 heavy (non-hydrogen) atoms. The Morgan fingerprint density at radius 2 is 2.00 bits per heavy atom. The van der Waals surface area contributed by atoms with Crippen LogP contribution < -0.4 is 4.31 Å². The molecule has 2 aliphatic rings. The number of nitrogens with zero attached hydrogens (tertiary/aromatic N) is 1. The van der Waals surface area contributed by atoms with Crippen LogP contribution in [0.3, 0.4) is 0 Å². The Balaban J connectivity index is 2.13. The molecule has 0 radical (unpaired) electrons. The Morgan fingerprint density at radius 3 is 2.81 bits per heavy atom. The number of rotatable bonds is 0. The molecule has 4 rings (SSSR count). The van der Waals surface area contributed by atoms with Gasteiger partial charge in [0.25, 0.3) is 10.0 Å². The van der Waals surface area contributed by atoms with Crippen LogP contribution in [0.15, 0.2) is 41.3 Å². The Morgan fingerprint density at radius 1 is 1.19 bits per heavy atom. The first-order valence-electron chi connectivity index (χ1n) is 6.62. The summed E-state index contributed by atoms with van der Waals surface area (Å²) >= 11 is 5.96. The number of para-hydroxylation sites is 1. The van der Waals surface area contributed by atoms with E-state index in [1.807, 2.05) is 12.1 Å². The van der Waals surface area contributed by atoms with Crippen LogP contribution in [0.1, 0.15) is 22.8 Å². The lowest BCUT2D eigenvalue weighted by atomic mass is 9.98. The van der Waals surface area contributed by atoms with Crippen molar-refractivity contribution in [1.82, 2.24) is 0 Å². The summed E-state index contributed by atoms with van der Waals surface area (Å²) in [6, 6.07) is 10.1. The van der Waals surface area contributed by atoms with E-state index in [4.69, 9.17) is 11.6 Å². The van der Waals surface area contributed by atoms with Crippen molar-refractivity contribution in [3.63, 3.8) is 0 Å². The van der Waals surface area contributed by atoms with Crippen molar-refractivity contribution in [2.24, 2.45) is 0 Å². The average molecular weight is 322 g/mol. The molecule has 6 heteroatoms. The van der Waals surface area contributed by atoms with Crippen LogP contribution in [0.5, 0.6) is 0 Å². The molecule has 2 aromatic carbocycles. The average Bonchev–Trinajstić information content (AvgIpc) is 2.88. The second-order valence-corrected chi connectivity index (χ2v) is 7.53. The molecule has 2 aliphatic heterocycles. The van der Waals surface area contributed by atoms with Crippen LogP contribution in [0.2, 0.25) is 5.02 Å². The molecule has 0 saturated heterocycles. The highest BCUT2D eigenvalue weighted by atomic mass is 35.5. The molecule has 0 saturated carbocycles. The fourth-order valence-corrected chi connectivity index (χ4v) is 5.18. The SMILES string of the molecule is O=S1(=O)c2cc(Cl)ccc2C(O)c2cccc3c2N1CC3. The van der Waals surface area contributed by atoms with Gasteiger partial charge in [0.2, 0.25) is 0 Å². The molecule has 1 atom stereocenters. The minimum atomic E-state index is -3.70. The lowest BCUT2D eigenvalue weighted by molar-refractivity contribution is 0.218. The molecular formula is C15H12ClNO3S. The smallest absolute Gasteiger partial charge is 0.264 e. The number of hydrogen-bond donors (Lipinski definition) is 1. The number of aliphatic hydroxyl groups excluding tert-OH is 1. The van der Waals surface area contributed by atoms with Gasteiger partial charge < -0.3 is 5.11 Å². The van der Waals surface area contributed by atoms with Crippen molar-refractivity contribution in [2.45, 2.75) is 17.4 Å². The number of benzene rings is 2. The van der Waals surface area contributed by atoms with E-state index < -0.39 is 16.1 Å². The molecule has 1 unspecified atom stereocenters. The Kier molecular flexibility index (Phi) is 2.64. The molecule has 0 spiro atoms. The van der Waals surface area contributed by atoms with Gasteiger partial charge in [0.1, 0.15) is 6.10 Å². The molecule has 0 aromatic heterocycles. The van der Waals surface area contributed by atoms with Crippen molar-refractivity contribution in [3.8, 4) is 0 Å². The molecule has 0 bridgehead atoms. The fourth-order valence-electron chi connectivity index (χ4n) is 3.16. The second kappa shape index (κ2) is 4.22. The maximum atomic E-state index is 12.9. The van der Waals surface area contributed by atoms with Gasteiger partial charge in [-0.25, -0.2) is 8.42 Å². The molecule has 108 valence electrons. The van der Waals surface area contributed by atoms with E-state index in [9.17, 15) is 13.5 Å². The van der Waals surface area contributed by atoms with Crippen LogP contribution in [0, 0.1) is 0 Å². The topological polar surface area (TPSA) is 57.6 Å². The Bertz CT molecular complexity index is 863. The summed E-state index contributed by atoms with van der Waals surface area (Å²) in [6.07, 6.45) is -0.310. The molecule has 4 nitrogen and oxygen atoms in total. The standard InChI is InChI=1S/C15H12ClNO3S/c16-10-4-5-11-13(8-10)21(19,20)17-7-6-9-2-1-3-12(14(9)17)15(11)18/h1-5,8,15,18H,6-7H2. The van der Waals surface area contributed by atoms with Crippen molar-refractivity contribution in [2.75, 3.05) is 10.8 Å². The van der Waals surface area contributed by atoms with Gasteiger partial charge in [-0.15, -0.1) is 0 Å². The first-order chi connectivity index (χ1) is 10.00. The predicted molar refractivity (Wildman–Crippen MR) is 80.2 cm³/mol. The number of fused-ring (bicyclic) bond motifs is 1. The third kappa shape index (κ3) is 1.68. The van der Waals surface area contributed by atoms with Gasteiger partial charge in [-0.2, -0.15) is 0 Å². The van der Waals surface area contributed by atoms with Gasteiger partial charge in [-0.3, -0.25) is 4.31 Å². The number of anilines is 1. The Hall–Kier alpha value is -1.56. The molecule has 0 fully saturated rings. The van der Waals surface area contributed by atoms with Crippen molar-refractivity contribution in [1.29, 1.82) is 0 Å². The third-order valence-electron chi connectivity index (χ3n) is 4.12. The van der Waals surface area contributed by atoms with E-state index in [0.717, 1.165) is 5.56 Å². The van der Waals surface area contributed by atoms with E-state index in [-0.39, 0.29) is 4.90 Å². The maximum absolute atomic E-state index is 12.9. The van der Waals surface area contributed by atoms with Gasteiger partial charge in [0.05, 0.1) is 10.6 Å². The zero-order chi connectivity index (χ0) is 14.8. The predicted octanol–water partition coefficient (Wildman–Crippen LogP) is 2.49. The minimum absolute atomic E-state index is 0.0894. The minimum Gasteiger partial charge on any atom is -0.384 e. The van der Waals surface area contributed by atoms with Crippen LogP contribution in [-0.2, 0) is 16.4 Å². The lowest BCUT2D eigenvalue weighted by Gasteiger charge is -2.19. The number of hydrogen-bond acceptors (Lipinski definition) is 3. The zero-order valence-corrected chi connectivity index (χ0v) is 12.5. The van der Waals surface area contributed by atoms with E-state index >= 15 is 0 Å². The summed E-state index contributed by atoms with van der Waals surface area (Å²) < 4.78 is 27.2. The van der Waals surface area contributed by atoms with E-state index in [1.165, 1.54) is 10.4 Å². The monoisotopic (exact) mass is 321 g/mol. The van der Waals surface area contributed by atoms with Crippen LogP contribution >= 0.6 is 11.6 Å². The van der Waals surface area contributed by atoms with Gasteiger partial charge in [0, 0.05) is 22.7 Å². The zero-order valence-electron chi connectivity index (χ0n) is 11.0. The summed E-state index contributed by atoms with van der Waals surface area (Å²) in [5.74, 6) is 0. The van der Waals surface area contributed by atoms with Gasteiger partial charge in [0.15, 0.2) is 0 Å². The largest absolute Gasteiger partial charge is 0.384 e. The highest BCUT2D eigenvalue weighted by Crippen LogP contribution is 2.45. The molecular weight excluding hydrogens is 310 g/mol. The van der Waals surface area contributed by atoms with E-state index in [2.05, 4.69) is 0 Å². The first-order valence-corrected chi connectivity index (χ1v) is 8.44. The summed E-state index contributed by atoms with van der Waals surface area (Å²) in [5, 5.41) is 11.0.